The zero-order chi connectivity index (χ0) is 21.3. The summed E-state index contributed by atoms with van der Waals surface area (Å²) >= 11 is 0. The predicted molar refractivity (Wildman–Crippen MR) is 107 cm³/mol. The van der Waals surface area contributed by atoms with E-state index in [-0.39, 0.29) is 23.7 Å². The number of amides is 1. The van der Waals surface area contributed by atoms with Crippen LogP contribution in [0.25, 0.3) is 10.8 Å². The van der Waals surface area contributed by atoms with Crippen molar-refractivity contribution in [3.8, 4) is 17.2 Å². The molecule has 0 aliphatic carbocycles. The quantitative estimate of drug-likeness (QED) is 0.276. The van der Waals surface area contributed by atoms with Gasteiger partial charge in [0.05, 0.1) is 17.7 Å². The molecule has 3 aromatic rings. The third-order valence-electron chi connectivity index (χ3n) is 4.63. The van der Waals surface area contributed by atoms with Gasteiger partial charge in [-0.1, -0.05) is 12.1 Å². The first-order chi connectivity index (χ1) is 14.4. The maximum absolute atomic E-state index is 12.5. The summed E-state index contributed by atoms with van der Waals surface area (Å²) < 4.78 is 15.9. The Hall–Kier alpha value is -4.14. The lowest BCUT2D eigenvalue weighted by Gasteiger charge is -2.28. The van der Waals surface area contributed by atoms with Gasteiger partial charge in [-0.05, 0) is 41.1 Å². The molecule has 0 spiro atoms. The van der Waals surface area contributed by atoms with Crippen molar-refractivity contribution < 1.29 is 28.7 Å². The molecule has 0 saturated carbocycles. The molecular weight excluding hydrogens is 392 g/mol. The van der Waals surface area contributed by atoms with Crippen LogP contribution in [0.4, 0.5) is 11.4 Å². The first kappa shape index (κ1) is 19.2. The van der Waals surface area contributed by atoms with Gasteiger partial charge in [-0.15, -0.1) is 0 Å². The van der Waals surface area contributed by atoms with E-state index in [9.17, 15) is 19.7 Å². The van der Waals surface area contributed by atoms with Crippen molar-refractivity contribution in [1.29, 1.82) is 0 Å². The van der Waals surface area contributed by atoms with E-state index in [1.807, 2.05) is 18.2 Å². The van der Waals surface area contributed by atoms with Gasteiger partial charge in [0.2, 0.25) is 0 Å². The monoisotopic (exact) mass is 408 g/mol. The Labute approximate surface area is 170 Å². The molecular formula is C21H16N2O7. The van der Waals surface area contributed by atoms with Crippen molar-refractivity contribution in [2.24, 2.45) is 0 Å². The molecule has 0 fully saturated rings. The molecule has 4 rings (SSSR count). The van der Waals surface area contributed by atoms with E-state index in [1.165, 1.54) is 18.2 Å². The minimum atomic E-state index is -0.690. The molecule has 0 aromatic heterocycles. The topological polar surface area (TPSA) is 108 Å². The smallest absolute Gasteiger partial charge is 0.331 e. The highest BCUT2D eigenvalue weighted by atomic mass is 16.6. The van der Waals surface area contributed by atoms with E-state index in [1.54, 1.807) is 25.3 Å². The summed E-state index contributed by atoms with van der Waals surface area (Å²) in [5, 5.41) is 12.8. The number of hydrogen-bond donors (Lipinski definition) is 0. The van der Waals surface area contributed by atoms with E-state index in [2.05, 4.69) is 0 Å². The number of nitrogens with zero attached hydrogens (tertiary/aromatic N) is 2. The Morgan fingerprint density at radius 2 is 1.83 bits per heavy atom. The highest BCUT2D eigenvalue weighted by Gasteiger charge is 2.29. The zero-order valence-electron chi connectivity index (χ0n) is 15.9. The molecule has 9 nitrogen and oxygen atoms in total. The van der Waals surface area contributed by atoms with Crippen LogP contribution in [-0.4, -0.2) is 37.1 Å². The Morgan fingerprint density at radius 3 is 2.57 bits per heavy atom. The summed E-state index contributed by atoms with van der Waals surface area (Å²) in [5.41, 5.74) is -0.0606. The summed E-state index contributed by atoms with van der Waals surface area (Å²) in [6.07, 6.45) is 0. The highest BCUT2D eigenvalue weighted by Crippen LogP contribution is 2.35. The first-order valence-electron chi connectivity index (χ1n) is 8.95. The number of methoxy groups -OCH3 is 1. The number of carbonyl (C=O) groups is 2. The highest BCUT2D eigenvalue weighted by molar-refractivity contribution is 6.02. The molecule has 0 unspecified atom stereocenters. The molecule has 0 atom stereocenters. The number of ether oxygens (including phenoxy) is 3. The third kappa shape index (κ3) is 3.72. The number of nitro benzene ring substituents is 1. The number of esters is 1. The standard InChI is InChI=1S/C21H16N2O7/c1-28-16-5-2-13-3-6-17(9-14(13)8-16)30-21(25)11-22-18-10-15(23(26)27)4-7-19(18)29-12-20(22)24/h2-10H,11-12H2,1H3. The minimum Gasteiger partial charge on any atom is -0.497 e. The Balaban J connectivity index is 1.55. The van der Waals surface area contributed by atoms with Gasteiger partial charge in [-0.25, -0.2) is 4.79 Å². The van der Waals surface area contributed by atoms with Crippen molar-refractivity contribution in [3.63, 3.8) is 0 Å². The molecule has 0 saturated heterocycles. The van der Waals surface area contributed by atoms with Crippen LogP contribution in [0.1, 0.15) is 0 Å². The van der Waals surface area contributed by atoms with Gasteiger partial charge < -0.3 is 14.2 Å². The van der Waals surface area contributed by atoms with Crippen LogP contribution in [0.3, 0.4) is 0 Å². The number of anilines is 1. The van der Waals surface area contributed by atoms with E-state index in [0.717, 1.165) is 15.7 Å². The Morgan fingerprint density at radius 1 is 1.10 bits per heavy atom. The van der Waals surface area contributed by atoms with Gasteiger partial charge in [0.25, 0.3) is 11.6 Å². The average molecular weight is 408 g/mol. The molecule has 0 radical (unpaired) electrons. The normalized spacial score (nSPS) is 12.8. The second kappa shape index (κ2) is 7.70. The second-order valence-electron chi connectivity index (χ2n) is 6.53. The van der Waals surface area contributed by atoms with Crippen LogP contribution in [0.5, 0.6) is 17.2 Å². The predicted octanol–water partition coefficient (Wildman–Crippen LogP) is 3.09. The van der Waals surface area contributed by atoms with Crippen LogP contribution < -0.4 is 19.1 Å². The zero-order valence-corrected chi connectivity index (χ0v) is 15.9. The van der Waals surface area contributed by atoms with Gasteiger partial charge >= 0.3 is 5.97 Å². The fraction of sp³-hybridized carbons (Fsp3) is 0.143. The molecule has 1 aliphatic rings. The minimum absolute atomic E-state index is 0.153. The number of benzene rings is 3. The van der Waals surface area contributed by atoms with Gasteiger partial charge in [-0.2, -0.15) is 0 Å². The molecule has 1 amide bonds. The lowest BCUT2D eigenvalue weighted by molar-refractivity contribution is -0.384. The largest absolute Gasteiger partial charge is 0.497 e. The van der Waals surface area contributed by atoms with E-state index in [4.69, 9.17) is 14.2 Å². The van der Waals surface area contributed by atoms with Gasteiger partial charge in [-0.3, -0.25) is 19.8 Å². The molecule has 152 valence electrons. The van der Waals surface area contributed by atoms with Crippen molar-refractivity contribution in [2.75, 3.05) is 25.2 Å². The van der Waals surface area contributed by atoms with Crippen molar-refractivity contribution in [3.05, 3.63) is 64.7 Å². The molecule has 30 heavy (non-hydrogen) atoms. The Kier molecular flexibility index (Phi) is 4.93. The maximum atomic E-state index is 12.5. The van der Waals surface area contributed by atoms with E-state index < -0.39 is 23.3 Å². The summed E-state index contributed by atoms with van der Waals surface area (Å²) in [6, 6.07) is 14.5. The number of nitro groups is 1. The molecule has 0 bridgehead atoms. The summed E-state index contributed by atoms with van der Waals surface area (Å²) in [5.74, 6) is 0.0720. The fourth-order valence-corrected chi connectivity index (χ4v) is 3.16. The maximum Gasteiger partial charge on any atom is 0.331 e. The van der Waals surface area contributed by atoms with Crippen LogP contribution >= 0.6 is 0 Å². The van der Waals surface area contributed by atoms with Crippen LogP contribution in [0, 0.1) is 10.1 Å². The number of hydrogen-bond acceptors (Lipinski definition) is 7. The van der Waals surface area contributed by atoms with Crippen molar-refractivity contribution in [1.82, 2.24) is 0 Å². The summed E-state index contributed by atoms with van der Waals surface area (Å²) in [6.45, 7) is -0.680. The van der Waals surface area contributed by atoms with Crippen molar-refractivity contribution >= 4 is 34.0 Å². The molecule has 0 N–H and O–H groups in total. The number of rotatable bonds is 5. The summed E-state index contributed by atoms with van der Waals surface area (Å²) in [7, 11) is 1.56. The van der Waals surface area contributed by atoms with E-state index >= 15 is 0 Å². The fourth-order valence-electron chi connectivity index (χ4n) is 3.16. The van der Waals surface area contributed by atoms with Gasteiger partial charge in [0.1, 0.15) is 23.8 Å². The molecule has 1 heterocycles. The van der Waals surface area contributed by atoms with Crippen LogP contribution in [0.2, 0.25) is 0 Å². The SMILES string of the molecule is COc1ccc2ccc(OC(=O)CN3C(=O)COc4ccc([N+](=O)[O-])cc43)cc2c1. The average Bonchev–Trinajstić information content (AvgIpc) is 2.74. The van der Waals surface area contributed by atoms with Gasteiger partial charge in [0, 0.05) is 12.1 Å². The Bertz CT molecular complexity index is 1180. The first-order valence-corrected chi connectivity index (χ1v) is 8.95. The van der Waals surface area contributed by atoms with Crippen LogP contribution in [-0.2, 0) is 9.59 Å². The number of fused-ring (bicyclic) bond motifs is 2. The lowest BCUT2D eigenvalue weighted by atomic mass is 10.1. The van der Waals surface area contributed by atoms with Gasteiger partial charge in [0.15, 0.2) is 6.61 Å². The third-order valence-corrected chi connectivity index (χ3v) is 4.63. The molecule has 1 aliphatic heterocycles. The second-order valence-corrected chi connectivity index (χ2v) is 6.53. The molecule has 3 aromatic carbocycles. The lowest BCUT2D eigenvalue weighted by Crippen LogP contribution is -2.43. The van der Waals surface area contributed by atoms with E-state index in [0.29, 0.717) is 11.5 Å². The number of carbonyl (C=O) groups excluding carboxylic acids is 2. The molecule has 9 heteroatoms. The van der Waals surface area contributed by atoms with Crippen molar-refractivity contribution in [2.45, 2.75) is 0 Å². The summed E-state index contributed by atoms with van der Waals surface area (Å²) in [4.78, 5) is 36.4. The van der Waals surface area contributed by atoms with Crippen LogP contribution in [0.15, 0.2) is 54.6 Å². The number of non-ortho nitro benzene ring substituents is 1.